The van der Waals surface area contributed by atoms with Gasteiger partial charge in [0.15, 0.2) is 12.4 Å². The number of carbonyl (C=O) groups excluding carboxylic acids is 1. The highest BCUT2D eigenvalue weighted by Gasteiger charge is 2.22. The van der Waals surface area contributed by atoms with Gasteiger partial charge in [0.1, 0.15) is 5.75 Å². The molecular formula is C22H21ClN4O2. The number of benzene rings is 2. The van der Waals surface area contributed by atoms with Crippen LogP contribution in [-0.2, 0) is 4.79 Å². The number of carbonyl (C=O) groups is 1. The molecule has 29 heavy (non-hydrogen) atoms. The lowest BCUT2D eigenvalue weighted by Gasteiger charge is -2.35. The van der Waals surface area contributed by atoms with Gasteiger partial charge in [-0.3, -0.25) is 4.79 Å². The molecule has 2 aromatic carbocycles. The number of halogens is 1. The fraction of sp³-hybridized carbons (Fsp3) is 0.227. The summed E-state index contributed by atoms with van der Waals surface area (Å²) in [5.41, 5.74) is 1.78. The number of para-hydroxylation sites is 1. The van der Waals surface area contributed by atoms with Crippen LogP contribution in [0.3, 0.4) is 0 Å². The molecule has 1 amide bonds. The van der Waals surface area contributed by atoms with E-state index in [1.807, 2.05) is 71.6 Å². The van der Waals surface area contributed by atoms with Crippen molar-refractivity contribution in [3.8, 4) is 17.0 Å². The van der Waals surface area contributed by atoms with E-state index >= 15 is 0 Å². The Labute approximate surface area is 174 Å². The third kappa shape index (κ3) is 4.84. The summed E-state index contributed by atoms with van der Waals surface area (Å²) in [7, 11) is 0. The largest absolute Gasteiger partial charge is 0.484 e. The lowest BCUT2D eigenvalue weighted by Crippen LogP contribution is -2.50. The minimum absolute atomic E-state index is 0.00215. The summed E-state index contributed by atoms with van der Waals surface area (Å²) in [6.07, 6.45) is 0. The minimum atomic E-state index is -0.00215. The van der Waals surface area contributed by atoms with E-state index in [9.17, 15) is 4.79 Å². The number of hydrogen-bond acceptors (Lipinski definition) is 5. The summed E-state index contributed by atoms with van der Waals surface area (Å²) in [5, 5.41) is 9.39. The summed E-state index contributed by atoms with van der Waals surface area (Å²) in [5.74, 6) is 1.52. The monoisotopic (exact) mass is 408 g/mol. The number of piperazine rings is 1. The number of aromatic nitrogens is 2. The van der Waals surface area contributed by atoms with Gasteiger partial charge in [-0.25, -0.2) is 0 Å². The van der Waals surface area contributed by atoms with Crippen LogP contribution in [0.2, 0.25) is 5.02 Å². The van der Waals surface area contributed by atoms with E-state index in [0.29, 0.717) is 37.0 Å². The third-order valence-electron chi connectivity index (χ3n) is 4.85. The SMILES string of the molecule is O=C(COc1ccccc1)N1CCN(c2ccc(-c3ccc(Cl)cc3)nn2)CC1. The van der Waals surface area contributed by atoms with Crippen LogP contribution in [0.1, 0.15) is 0 Å². The second-order valence-corrected chi connectivity index (χ2v) is 7.19. The van der Waals surface area contributed by atoms with Crippen molar-refractivity contribution < 1.29 is 9.53 Å². The summed E-state index contributed by atoms with van der Waals surface area (Å²) >= 11 is 5.93. The molecule has 0 radical (unpaired) electrons. The zero-order valence-corrected chi connectivity index (χ0v) is 16.6. The highest BCUT2D eigenvalue weighted by molar-refractivity contribution is 6.30. The molecule has 4 rings (SSSR count). The Morgan fingerprint density at radius 2 is 1.62 bits per heavy atom. The molecule has 1 fully saturated rings. The maximum atomic E-state index is 12.4. The molecule has 3 aromatic rings. The Balaban J connectivity index is 1.30. The number of anilines is 1. The normalized spacial score (nSPS) is 14.0. The topological polar surface area (TPSA) is 58.6 Å². The first-order valence-corrected chi connectivity index (χ1v) is 9.87. The van der Waals surface area contributed by atoms with Gasteiger partial charge in [-0.05, 0) is 36.4 Å². The molecule has 1 aliphatic heterocycles. The van der Waals surface area contributed by atoms with Crippen LogP contribution >= 0.6 is 11.6 Å². The predicted molar refractivity (Wildman–Crippen MR) is 113 cm³/mol. The molecule has 0 N–H and O–H groups in total. The fourth-order valence-electron chi connectivity index (χ4n) is 3.21. The number of amides is 1. The summed E-state index contributed by atoms with van der Waals surface area (Å²) in [6, 6.07) is 20.8. The van der Waals surface area contributed by atoms with Crippen molar-refractivity contribution in [1.29, 1.82) is 0 Å². The minimum Gasteiger partial charge on any atom is -0.484 e. The molecule has 0 unspecified atom stereocenters. The van der Waals surface area contributed by atoms with E-state index in [1.165, 1.54) is 0 Å². The van der Waals surface area contributed by atoms with Gasteiger partial charge in [0.05, 0.1) is 5.69 Å². The van der Waals surface area contributed by atoms with Gasteiger partial charge in [-0.15, -0.1) is 10.2 Å². The first-order valence-electron chi connectivity index (χ1n) is 9.49. The molecule has 7 heteroatoms. The summed E-state index contributed by atoms with van der Waals surface area (Å²) < 4.78 is 5.56. The van der Waals surface area contributed by atoms with E-state index in [1.54, 1.807) is 0 Å². The standard InChI is InChI=1S/C22H21ClN4O2/c23-18-8-6-17(7-9-18)20-10-11-21(25-24-20)26-12-14-27(15-13-26)22(28)16-29-19-4-2-1-3-5-19/h1-11H,12-16H2. The fourth-order valence-corrected chi connectivity index (χ4v) is 3.33. The van der Waals surface area contributed by atoms with Gasteiger partial charge in [0.25, 0.3) is 5.91 Å². The first-order chi connectivity index (χ1) is 14.2. The van der Waals surface area contributed by atoms with E-state index in [2.05, 4.69) is 15.1 Å². The Morgan fingerprint density at radius 1 is 0.897 bits per heavy atom. The summed E-state index contributed by atoms with van der Waals surface area (Å²) in [4.78, 5) is 16.4. The Morgan fingerprint density at radius 3 is 2.28 bits per heavy atom. The molecule has 1 aliphatic rings. The Bertz CT molecular complexity index is 941. The molecule has 0 spiro atoms. The van der Waals surface area contributed by atoms with Crippen LogP contribution in [-0.4, -0.2) is 53.8 Å². The molecule has 0 saturated carbocycles. The van der Waals surface area contributed by atoms with Crippen molar-refractivity contribution >= 4 is 23.3 Å². The van der Waals surface area contributed by atoms with Crippen molar-refractivity contribution in [3.05, 3.63) is 71.8 Å². The van der Waals surface area contributed by atoms with Gasteiger partial charge < -0.3 is 14.5 Å². The van der Waals surface area contributed by atoms with Crippen LogP contribution in [0.25, 0.3) is 11.3 Å². The maximum absolute atomic E-state index is 12.4. The molecular weight excluding hydrogens is 388 g/mol. The van der Waals surface area contributed by atoms with Crippen LogP contribution in [0.15, 0.2) is 66.7 Å². The van der Waals surface area contributed by atoms with Gasteiger partial charge in [-0.2, -0.15) is 0 Å². The molecule has 0 aliphatic carbocycles. The third-order valence-corrected chi connectivity index (χ3v) is 5.10. The van der Waals surface area contributed by atoms with Crippen molar-refractivity contribution in [2.45, 2.75) is 0 Å². The first kappa shape index (κ1) is 19.2. The van der Waals surface area contributed by atoms with E-state index < -0.39 is 0 Å². The van der Waals surface area contributed by atoms with Crippen molar-refractivity contribution in [1.82, 2.24) is 15.1 Å². The number of nitrogens with zero attached hydrogens (tertiary/aromatic N) is 4. The molecule has 0 atom stereocenters. The quantitative estimate of drug-likeness (QED) is 0.646. The molecule has 1 saturated heterocycles. The van der Waals surface area contributed by atoms with Crippen molar-refractivity contribution in [3.63, 3.8) is 0 Å². The van der Waals surface area contributed by atoms with Crippen LogP contribution in [0, 0.1) is 0 Å². The van der Waals surface area contributed by atoms with Crippen molar-refractivity contribution in [2.24, 2.45) is 0 Å². The average molecular weight is 409 g/mol. The molecule has 148 valence electrons. The van der Waals surface area contributed by atoms with E-state index in [4.69, 9.17) is 16.3 Å². The van der Waals surface area contributed by atoms with Gasteiger partial charge in [0, 0.05) is 36.8 Å². The van der Waals surface area contributed by atoms with E-state index in [-0.39, 0.29) is 12.5 Å². The highest BCUT2D eigenvalue weighted by atomic mass is 35.5. The zero-order valence-electron chi connectivity index (χ0n) is 15.9. The molecule has 6 nitrogen and oxygen atoms in total. The zero-order chi connectivity index (χ0) is 20.1. The second kappa shape index (κ2) is 8.92. The lowest BCUT2D eigenvalue weighted by molar-refractivity contribution is -0.133. The van der Waals surface area contributed by atoms with Gasteiger partial charge in [-0.1, -0.05) is 41.9 Å². The maximum Gasteiger partial charge on any atom is 0.260 e. The second-order valence-electron chi connectivity index (χ2n) is 6.75. The average Bonchev–Trinajstić information content (AvgIpc) is 2.79. The van der Waals surface area contributed by atoms with Gasteiger partial charge in [0.2, 0.25) is 0 Å². The van der Waals surface area contributed by atoms with E-state index in [0.717, 1.165) is 17.1 Å². The summed E-state index contributed by atoms with van der Waals surface area (Å²) in [6.45, 7) is 2.76. The molecule has 0 bridgehead atoms. The number of hydrogen-bond donors (Lipinski definition) is 0. The van der Waals surface area contributed by atoms with Crippen molar-refractivity contribution in [2.75, 3.05) is 37.7 Å². The van der Waals surface area contributed by atoms with Crippen LogP contribution < -0.4 is 9.64 Å². The Kier molecular flexibility index (Phi) is 5.91. The molecule has 1 aromatic heterocycles. The predicted octanol–water partition coefficient (Wildman–Crippen LogP) is 3.52. The lowest BCUT2D eigenvalue weighted by atomic mass is 10.1. The smallest absolute Gasteiger partial charge is 0.260 e. The number of rotatable bonds is 5. The highest BCUT2D eigenvalue weighted by Crippen LogP contribution is 2.21. The number of ether oxygens (including phenoxy) is 1. The van der Waals surface area contributed by atoms with Gasteiger partial charge >= 0.3 is 0 Å². The van der Waals surface area contributed by atoms with Crippen LogP contribution in [0.5, 0.6) is 5.75 Å². The molecule has 2 heterocycles. The van der Waals surface area contributed by atoms with Crippen LogP contribution in [0.4, 0.5) is 5.82 Å². The Hall–Kier alpha value is -3.12.